The number of H-pyrrole nitrogens is 1. The van der Waals surface area contributed by atoms with Crippen molar-refractivity contribution in [1.82, 2.24) is 19.6 Å². The van der Waals surface area contributed by atoms with Gasteiger partial charge >= 0.3 is 5.69 Å². The first-order valence-electron chi connectivity index (χ1n) is 4.24. The second kappa shape index (κ2) is 3.01. The van der Waals surface area contributed by atoms with Gasteiger partial charge in [-0.15, -0.1) is 0 Å². The van der Waals surface area contributed by atoms with E-state index >= 15 is 0 Å². The molecule has 2 rings (SSSR count). The monoisotopic (exact) mass is 178 g/mol. The van der Waals surface area contributed by atoms with E-state index in [-0.39, 0.29) is 5.69 Å². The molecule has 2 aromatic heterocycles. The molecule has 0 spiro atoms. The number of rotatable bonds is 2. The zero-order chi connectivity index (χ0) is 9.26. The lowest BCUT2D eigenvalue weighted by molar-refractivity contribution is 0.766. The van der Waals surface area contributed by atoms with Crippen LogP contribution in [0.2, 0.25) is 0 Å². The van der Waals surface area contributed by atoms with Crippen molar-refractivity contribution < 1.29 is 0 Å². The molecule has 0 aliphatic rings. The number of hydrogen-bond acceptors (Lipinski definition) is 3. The first-order valence-corrected chi connectivity index (χ1v) is 4.24. The van der Waals surface area contributed by atoms with Crippen molar-refractivity contribution in [3.8, 4) is 0 Å². The summed E-state index contributed by atoms with van der Waals surface area (Å²) in [6, 6.07) is 1.72. The molecule has 0 unspecified atom stereocenters. The van der Waals surface area contributed by atoms with Crippen LogP contribution in [0.25, 0.3) is 5.65 Å². The van der Waals surface area contributed by atoms with Crippen LogP contribution in [-0.4, -0.2) is 19.6 Å². The van der Waals surface area contributed by atoms with Gasteiger partial charge < -0.3 is 0 Å². The standard InChI is InChI=1S/C8H10N4O/c1-2-3-6-10-7-4-5-9-12(7)8(13)11-6/h4-5H,2-3H2,1H3,(H,10,11,13). The average Bonchev–Trinajstić information content (AvgIpc) is 2.53. The van der Waals surface area contributed by atoms with Gasteiger partial charge in [0.25, 0.3) is 0 Å². The minimum Gasteiger partial charge on any atom is -0.294 e. The highest BCUT2D eigenvalue weighted by molar-refractivity contribution is 5.34. The SMILES string of the molecule is CCCc1nc2ccnn2c(=O)[nH]1. The van der Waals surface area contributed by atoms with Gasteiger partial charge in [0.2, 0.25) is 0 Å². The van der Waals surface area contributed by atoms with Gasteiger partial charge in [-0.1, -0.05) is 6.92 Å². The van der Waals surface area contributed by atoms with E-state index in [2.05, 4.69) is 15.1 Å². The van der Waals surface area contributed by atoms with Gasteiger partial charge in [-0.25, -0.2) is 9.78 Å². The third-order valence-corrected chi connectivity index (χ3v) is 1.80. The molecule has 5 heteroatoms. The smallest absolute Gasteiger partial charge is 0.294 e. The summed E-state index contributed by atoms with van der Waals surface area (Å²) in [5.74, 6) is 0.723. The van der Waals surface area contributed by atoms with Gasteiger partial charge in [0, 0.05) is 12.5 Å². The second-order valence-electron chi connectivity index (χ2n) is 2.84. The van der Waals surface area contributed by atoms with Crippen LogP contribution in [0, 0.1) is 0 Å². The average molecular weight is 178 g/mol. The largest absolute Gasteiger partial charge is 0.349 e. The van der Waals surface area contributed by atoms with E-state index in [0.717, 1.165) is 18.7 Å². The van der Waals surface area contributed by atoms with Gasteiger partial charge in [0.05, 0.1) is 6.20 Å². The molecule has 0 aliphatic carbocycles. The minimum absolute atomic E-state index is 0.224. The van der Waals surface area contributed by atoms with Crippen LogP contribution < -0.4 is 5.69 Å². The number of aryl methyl sites for hydroxylation is 1. The first-order chi connectivity index (χ1) is 6.31. The third kappa shape index (κ3) is 1.32. The van der Waals surface area contributed by atoms with Gasteiger partial charge in [-0.05, 0) is 6.42 Å². The van der Waals surface area contributed by atoms with Gasteiger partial charge in [0.15, 0.2) is 5.65 Å². The van der Waals surface area contributed by atoms with Crippen molar-refractivity contribution in [2.75, 3.05) is 0 Å². The Morgan fingerprint density at radius 1 is 1.62 bits per heavy atom. The fourth-order valence-electron chi connectivity index (χ4n) is 1.24. The lowest BCUT2D eigenvalue weighted by atomic mass is 10.3. The third-order valence-electron chi connectivity index (χ3n) is 1.80. The van der Waals surface area contributed by atoms with Crippen LogP contribution in [0.15, 0.2) is 17.1 Å². The van der Waals surface area contributed by atoms with Crippen molar-refractivity contribution in [3.05, 3.63) is 28.6 Å². The van der Waals surface area contributed by atoms with E-state index in [0.29, 0.717) is 5.65 Å². The molecule has 0 radical (unpaired) electrons. The highest BCUT2D eigenvalue weighted by atomic mass is 16.1. The lowest BCUT2D eigenvalue weighted by Gasteiger charge is -1.97. The molecule has 0 amide bonds. The molecule has 0 fully saturated rings. The Labute approximate surface area is 74.4 Å². The molecule has 13 heavy (non-hydrogen) atoms. The molecule has 0 saturated carbocycles. The molecular formula is C8H10N4O. The Bertz CT molecular complexity index is 470. The zero-order valence-electron chi connectivity index (χ0n) is 7.32. The maximum atomic E-state index is 11.3. The minimum atomic E-state index is -0.224. The van der Waals surface area contributed by atoms with Crippen molar-refractivity contribution in [3.63, 3.8) is 0 Å². The summed E-state index contributed by atoms with van der Waals surface area (Å²) in [7, 11) is 0. The van der Waals surface area contributed by atoms with Crippen molar-refractivity contribution in [1.29, 1.82) is 0 Å². The number of nitrogens with zero attached hydrogens (tertiary/aromatic N) is 3. The topological polar surface area (TPSA) is 63.1 Å². The Hall–Kier alpha value is -1.65. The molecule has 0 saturated heterocycles. The molecular weight excluding hydrogens is 168 g/mol. The predicted octanol–water partition coefficient (Wildman–Crippen LogP) is 0.370. The molecule has 2 heterocycles. The Balaban J connectivity index is 2.63. The fraction of sp³-hybridized carbons (Fsp3) is 0.375. The molecule has 0 aromatic carbocycles. The zero-order valence-corrected chi connectivity index (χ0v) is 7.32. The Kier molecular flexibility index (Phi) is 1.84. The van der Waals surface area contributed by atoms with E-state index in [9.17, 15) is 4.79 Å². The van der Waals surface area contributed by atoms with Crippen LogP contribution >= 0.6 is 0 Å². The van der Waals surface area contributed by atoms with E-state index in [1.54, 1.807) is 12.3 Å². The molecule has 0 bridgehead atoms. The Morgan fingerprint density at radius 3 is 3.23 bits per heavy atom. The highest BCUT2D eigenvalue weighted by Crippen LogP contribution is 1.96. The van der Waals surface area contributed by atoms with Crippen LogP contribution in [-0.2, 0) is 6.42 Å². The first kappa shape index (κ1) is 7.97. The predicted molar refractivity (Wildman–Crippen MR) is 47.6 cm³/mol. The van der Waals surface area contributed by atoms with Crippen LogP contribution in [0.3, 0.4) is 0 Å². The summed E-state index contributed by atoms with van der Waals surface area (Å²) in [6.45, 7) is 2.04. The number of nitrogens with one attached hydrogen (secondary N) is 1. The van der Waals surface area contributed by atoms with Gasteiger partial charge in [-0.3, -0.25) is 4.98 Å². The number of hydrogen-bond donors (Lipinski definition) is 1. The van der Waals surface area contributed by atoms with E-state index in [1.165, 1.54) is 4.52 Å². The molecule has 5 nitrogen and oxygen atoms in total. The summed E-state index contributed by atoms with van der Waals surface area (Å²) < 4.78 is 1.25. The number of fused-ring (bicyclic) bond motifs is 1. The number of aromatic nitrogens is 4. The van der Waals surface area contributed by atoms with E-state index in [1.807, 2.05) is 6.92 Å². The van der Waals surface area contributed by atoms with Crippen LogP contribution in [0.4, 0.5) is 0 Å². The molecule has 68 valence electrons. The van der Waals surface area contributed by atoms with E-state index in [4.69, 9.17) is 0 Å². The summed E-state index contributed by atoms with van der Waals surface area (Å²) in [5.41, 5.74) is 0.380. The number of aromatic amines is 1. The maximum absolute atomic E-state index is 11.3. The quantitative estimate of drug-likeness (QED) is 0.722. The molecule has 0 atom stereocenters. The van der Waals surface area contributed by atoms with Crippen LogP contribution in [0.1, 0.15) is 19.2 Å². The molecule has 2 aromatic rings. The Morgan fingerprint density at radius 2 is 2.46 bits per heavy atom. The van der Waals surface area contributed by atoms with Crippen LogP contribution in [0.5, 0.6) is 0 Å². The summed E-state index contributed by atoms with van der Waals surface area (Å²) in [4.78, 5) is 18.2. The van der Waals surface area contributed by atoms with Crippen molar-refractivity contribution >= 4 is 5.65 Å². The van der Waals surface area contributed by atoms with Gasteiger partial charge in [0.1, 0.15) is 5.82 Å². The summed E-state index contributed by atoms with van der Waals surface area (Å²) >= 11 is 0. The fourth-order valence-corrected chi connectivity index (χ4v) is 1.24. The highest BCUT2D eigenvalue weighted by Gasteiger charge is 2.01. The summed E-state index contributed by atoms with van der Waals surface area (Å²) in [6.07, 6.45) is 3.32. The van der Waals surface area contributed by atoms with Crippen molar-refractivity contribution in [2.45, 2.75) is 19.8 Å². The summed E-state index contributed by atoms with van der Waals surface area (Å²) in [5, 5.41) is 3.83. The maximum Gasteiger partial charge on any atom is 0.349 e. The molecule has 0 aliphatic heterocycles. The van der Waals surface area contributed by atoms with Gasteiger partial charge in [-0.2, -0.15) is 9.61 Å². The van der Waals surface area contributed by atoms with Crippen molar-refractivity contribution in [2.24, 2.45) is 0 Å². The van der Waals surface area contributed by atoms with E-state index < -0.39 is 0 Å². The lowest BCUT2D eigenvalue weighted by Crippen LogP contribution is -2.20. The molecule has 1 N–H and O–H groups in total. The normalized spacial score (nSPS) is 10.8. The second-order valence-corrected chi connectivity index (χ2v) is 2.84.